The Morgan fingerprint density at radius 1 is 1.10 bits per heavy atom. The van der Waals surface area contributed by atoms with E-state index >= 15 is 0 Å². The van der Waals surface area contributed by atoms with Gasteiger partial charge >= 0.3 is 0 Å². The largest absolute Gasteiger partial charge is 0.356 e. The Hall–Kier alpha value is -2.14. The first-order chi connectivity index (χ1) is 13.8. The predicted molar refractivity (Wildman–Crippen MR) is 127 cm³/mol. The number of aromatic nitrogens is 3. The second kappa shape index (κ2) is 12.4. The molecule has 9 heteroatoms. The van der Waals surface area contributed by atoms with Crippen molar-refractivity contribution in [3.05, 3.63) is 72.6 Å². The Labute approximate surface area is 191 Å². The fourth-order valence-electron chi connectivity index (χ4n) is 2.57. The molecule has 0 unspecified atom stereocenters. The molecule has 0 radical (unpaired) electrons. The summed E-state index contributed by atoms with van der Waals surface area (Å²) in [7, 11) is 1.74. The SMILES string of the molecule is CN=C(NCCCSc1ccc(F)cc1)NCc1nncn1-c1ccccc1.I. The minimum absolute atomic E-state index is 0. The molecule has 0 aliphatic carbocycles. The topological polar surface area (TPSA) is 67.1 Å². The summed E-state index contributed by atoms with van der Waals surface area (Å²) < 4.78 is 14.8. The van der Waals surface area contributed by atoms with Crippen LogP contribution in [0.3, 0.4) is 0 Å². The van der Waals surface area contributed by atoms with Gasteiger partial charge in [0.05, 0.1) is 6.54 Å². The lowest BCUT2D eigenvalue weighted by molar-refractivity contribution is 0.626. The van der Waals surface area contributed by atoms with Crippen LogP contribution in [0.4, 0.5) is 4.39 Å². The zero-order valence-corrected chi connectivity index (χ0v) is 19.2. The molecule has 2 aromatic carbocycles. The van der Waals surface area contributed by atoms with E-state index in [4.69, 9.17) is 0 Å². The molecule has 3 aromatic rings. The molecule has 0 fully saturated rings. The third-order valence-corrected chi connectivity index (χ3v) is 5.08. The number of benzene rings is 2. The third-order valence-electron chi connectivity index (χ3n) is 3.99. The van der Waals surface area contributed by atoms with Crippen LogP contribution in [-0.4, -0.2) is 40.1 Å². The molecule has 154 valence electrons. The molecule has 29 heavy (non-hydrogen) atoms. The quantitative estimate of drug-likeness (QED) is 0.153. The number of guanidine groups is 1. The molecule has 6 nitrogen and oxygen atoms in total. The van der Waals surface area contributed by atoms with Crippen LogP contribution in [0.15, 0.2) is 70.8 Å². The lowest BCUT2D eigenvalue weighted by Crippen LogP contribution is -2.38. The summed E-state index contributed by atoms with van der Waals surface area (Å²) in [5, 5.41) is 14.8. The molecule has 0 saturated heterocycles. The average molecular weight is 526 g/mol. The van der Waals surface area contributed by atoms with E-state index in [1.165, 1.54) is 12.1 Å². The van der Waals surface area contributed by atoms with Gasteiger partial charge in [-0.3, -0.25) is 9.56 Å². The Morgan fingerprint density at radius 2 is 1.86 bits per heavy atom. The molecule has 0 aliphatic heterocycles. The highest BCUT2D eigenvalue weighted by Crippen LogP contribution is 2.18. The van der Waals surface area contributed by atoms with Crippen molar-refractivity contribution in [3.63, 3.8) is 0 Å². The zero-order chi connectivity index (χ0) is 19.6. The van der Waals surface area contributed by atoms with Gasteiger partial charge in [-0.2, -0.15) is 0 Å². The number of rotatable bonds is 8. The monoisotopic (exact) mass is 526 g/mol. The Morgan fingerprint density at radius 3 is 2.59 bits per heavy atom. The van der Waals surface area contributed by atoms with E-state index in [1.807, 2.05) is 34.9 Å². The van der Waals surface area contributed by atoms with E-state index in [0.29, 0.717) is 6.54 Å². The number of nitrogens with zero attached hydrogens (tertiary/aromatic N) is 4. The average Bonchev–Trinajstić information content (AvgIpc) is 3.20. The van der Waals surface area contributed by atoms with Crippen LogP contribution in [0.1, 0.15) is 12.2 Å². The van der Waals surface area contributed by atoms with Gasteiger partial charge in [0.1, 0.15) is 12.1 Å². The van der Waals surface area contributed by atoms with Gasteiger partial charge in [0.15, 0.2) is 11.8 Å². The van der Waals surface area contributed by atoms with E-state index in [-0.39, 0.29) is 29.8 Å². The number of para-hydroxylation sites is 1. The maximum Gasteiger partial charge on any atom is 0.191 e. The van der Waals surface area contributed by atoms with Gasteiger partial charge in [-0.25, -0.2) is 4.39 Å². The summed E-state index contributed by atoms with van der Waals surface area (Å²) in [6.07, 6.45) is 2.66. The van der Waals surface area contributed by atoms with Crippen LogP contribution in [0.2, 0.25) is 0 Å². The van der Waals surface area contributed by atoms with Crippen molar-refractivity contribution in [3.8, 4) is 5.69 Å². The maximum atomic E-state index is 12.9. The summed E-state index contributed by atoms with van der Waals surface area (Å²) in [4.78, 5) is 5.32. The zero-order valence-electron chi connectivity index (χ0n) is 16.1. The van der Waals surface area contributed by atoms with Crippen molar-refractivity contribution < 1.29 is 4.39 Å². The molecule has 1 aromatic heterocycles. The minimum atomic E-state index is -0.205. The van der Waals surface area contributed by atoms with Gasteiger partial charge in [-0.15, -0.1) is 45.9 Å². The Kier molecular flexibility index (Phi) is 9.92. The second-order valence-corrected chi connectivity index (χ2v) is 7.13. The van der Waals surface area contributed by atoms with E-state index in [9.17, 15) is 4.39 Å². The van der Waals surface area contributed by atoms with Gasteiger partial charge in [-0.1, -0.05) is 18.2 Å². The van der Waals surface area contributed by atoms with Gasteiger partial charge in [0, 0.05) is 24.2 Å². The minimum Gasteiger partial charge on any atom is -0.356 e. The predicted octanol–water partition coefficient (Wildman–Crippen LogP) is 3.87. The van der Waals surface area contributed by atoms with E-state index in [2.05, 4.69) is 25.8 Å². The molecular formula is C20H24FIN6S. The van der Waals surface area contributed by atoms with E-state index in [0.717, 1.165) is 41.1 Å². The van der Waals surface area contributed by atoms with Gasteiger partial charge < -0.3 is 10.6 Å². The lowest BCUT2D eigenvalue weighted by atomic mass is 10.3. The van der Waals surface area contributed by atoms with Crippen LogP contribution < -0.4 is 10.6 Å². The molecule has 1 heterocycles. The highest BCUT2D eigenvalue weighted by atomic mass is 127. The smallest absolute Gasteiger partial charge is 0.191 e. The molecule has 0 atom stereocenters. The number of aliphatic imine (C=N–C) groups is 1. The number of nitrogens with one attached hydrogen (secondary N) is 2. The summed E-state index contributed by atoms with van der Waals surface area (Å²) in [6, 6.07) is 16.5. The molecule has 0 aliphatic rings. The highest BCUT2D eigenvalue weighted by Gasteiger charge is 2.07. The van der Waals surface area contributed by atoms with Crippen molar-refractivity contribution >= 4 is 41.7 Å². The molecule has 0 spiro atoms. The fraction of sp³-hybridized carbons (Fsp3) is 0.250. The van der Waals surface area contributed by atoms with E-state index in [1.54, 1.807) is 37.3 Å². The number of hydrogen-bond acceptors (Lipinski definition) is 4. The maximum absolute atomic E-state index is 12.9. The number of hydrogen-bond donors (Lipinski definition) is 2. The van der Waals surface area contributed by atoms with Gasteiger partial charge in [0.25, 0.3) is 0 Å². The molecule has 0 bridgehead atoms. The Bertz CT molecular complexity index is 886. The summed E-state index contributed by atoms with van der Waals surface area (Å²) in [6.45, 7) is 1.30. The van der Waals surface area contributed by atoms with Crippen molar-refractivity contribution in [2.24, 2.45) is 4.99 Å². The van der Waals surface area contributed by atoms with Crippen molar-refractivity contribution in [1.29, 1.82) is 0 Å². The van der Waals surface area contributed by atoms with Crippen LogP contribution in [-0.2, 0) is 6.54 Å². The lowest BCUT2D eigenvalue weighted by Gasteiger charge is -2.12. The van der Waals surface area contributed by atoms with Crippen LogP contribution in [0.5, 0.6) is 0 Å². The summed E-state index contributed by atoms with van der Waals surface area (Å²) in [5.41, 5.74) is 1.02. The molecular weight excluding hydrogens is 502 g/mol. The third kappa shape index (κ3) is 7.32. The first-order valence-electron chi connectivity index (χ1n) is 9.03. The number of thioether (sulfide) groups is 1. The Balaban J connectivity index is 0.00000300. The first-order valence-corrected chi connectivity index (χ1v) is 10.0. The normalized spacial score (nSPS) is 11.0. The molecule has 3 rings (SSSR count). The summed E-state index contributed by atoms with van der Waals surface area (Å²) in [5.74, 6) is 2.26. The van der Waals surface area contributed by atoms with Crippen LogP contribution in [0, 0.1) is 5.82 Å². The van der Waals surface area contributed by atoms with Gasteiger partial charge in [-0.05, 0) is 48.6 Å². The van der Waals surface area contributed by atoms with Gasteiger partial charge in [0.2, 0.25) is 0 Å². The van der Waals surface area contributed by atoms with Crippen molar-refractivity contribution in [2.45, 2.75) is 17.9 Å². The van der Waals surface area contributed by atoms with E-state index < -0.39 is 0 Å². The second-order valence-electron chi connectivity index (χ2n) is 5.96. The van der Waals surface area contributed by atoms with Crippen molar-refractivity contribution in [2.75, 3.05) is 19.3 Å². The molecule has 0 amide bonds. The number of halogens is 2. The standard InChI is InChI=1S/C20H23FN6S.HI/c1-22-20(23-12-5-13-28-18-10-8-16(21)9-11-18)24-14-19-26-25-15-27(19)17-6-3-2-4-7-17;/h2-4,6-11,15H,5,12-14H2,1H3,(H2,22,23,24);1H. The molecule has 2 N–H and O–H groups in total. The summed E-state index contributed by atoms with van der Waals surface area (Å²) >= 11 is 1.71. The van der Waals surface area contributed by atoms with Crippen LogP contribution in [0.25, 0.3) is 5.69 Å². The van der Waals surface area contributed by atoms with Crippen LogP contribution >= 0.6 is 35.7 Å². The van der Waals surface area contributed by atoms with Crippen molar-refractivity contribution in [1.82, 2.24) is 25.4 Å². The first kappa shape index (κ1) is 23.1. The molecule has 0 saturated carbocycles. The highest BCUT2D eigenvalue weighted by molar-refractivity contribution is 14.0. The fourth-order valence-corrected chi connectivity index (χ4v) is 3.42.